The monoisotopic (exact) mass is 394 g/mol. The molecule has 0 saturated heterocycles. The normalized spacial score (nSPS) is 10.4. The van der Waals surface area contributed by atoms with Crippen molar-refractivity contribution >= 4 is 49.1 Å². The Balaban J connectivity index is 2.43. The molecule has 0 aliphatic carbocycles. The zero-order chi connectivity index (χ0) is 13.3. The van der Waals surface area contributed by atoms with Crippen LogP contribution in [-0.2, 0) is 0 Å². The van der Waals surface area contributed by atoms with Crippen LogP contribution in [0.1, 0.15) is 0 Å². The summed E-state index contributed by atoms with van der Waals surface area (Å²) in [6, 6.07) is 2.59. The van der Waals surface area contributed by atoms with Gasteiger partial charge in [0.1, 0.15) is 11.6 Å². The van der Waals surface area contributed by atoms with E-state index in [1.807, 2.05) is 0 Å². The molecule has 0 spiro atoms. The number of pyridine rings is 1. The van der Waals surface area contributed by atoms with Crippen molar-refractivity contribution < 1.29 is 9.13 Å². The van der Waals surface area contributed by atoms with Crippen LogP contribution < -0.4 is 10.5 Å². The van der Waals surface area contributed by atoms with Gasteiger partial charge in [-0.2, -0.15) is 0 Å². The van der Waals surface area contributed by atoms with Gasteiger partial charge in [-0.3, -0.25) is 4.98 Å². The summed E-state index contributed by atoms with van der Waals surface area (Å²) < 4.78 is 20.0. The van der Waals surface area contributed by atoms with Crippen LogP contribution >= 0.6 is 43.5 Å². The lowest BCUT2D eigenvalue weighted by Gasteiger charge is -2.11. The third kappa shape index (κ3) is 2.76. The molecule has 94 valence electrons. The summed E-state index contributed by atoms with van der Waals surface area (Å²) in [6.45, 7) is 0. The summed E-state index contributed by atoms with van der Waals surface area (Å²) in [7, 11) is 0. The number of rotatable bonds is 2. The van der Waals surface area contributed by atoms with Crippen molar-refractivity contribution in [3.8, 4) is 11.5 Å². The summed E-state index contributed by atoms with van der Waals surface area (Å²) in [5.41, 5.74) is 6.07. The lowest BCUT2D eigenvalue weighted by molar-refractivity contribution is 0.472. The molecule has 0 atom stereocenters. The molecule has 0 unspecified atom stereocenters. The molecule has 1 heterocycles. The SMILES string of the molecule is Nc1cncc(Br)c1Oc1cc(F)c(Cl)cc1Br. The Morgan fingerprint density at radius 1 is 1.22 bits per heavy atom. The Morgan fingerprint density at radius 2 is 1.94 bits per heavy atom. The first-order valence-electron chi connectivity index (χ1n) is 4.70. The molecule has 2 rings (SSSR count). The Bertz CT molecular complexity index is 590. The number of nitrogens with two attached hydrogens (primary N) is 1. The van der Waals surface area contributed by atoms with E-state index in [0.29, 0.717) is 20.4 Å². The Morgan fingerprint density at radius 3 is 2.61 bits per heavy atom. The van der Waals surface area contributed by atoms with Crippen molar-refractivity contribution in [2.24, 2.45) is 0 Å². The van der Waals surface area contributed by atoms with Gasteiger partial charge in [-0.25, -0.2) is 4.39 Å². The minimum atomic E-state index is -0.571. The van der Waals surface area contributed by atoms with Crippen molar-refractivity contribution in [2.75, 3.05) is 5.73 Å². The minimum Gasteiger partial charge on any atom is -0.453 e. The van der Waals surface area contributed by atoms with Crippen molar-refractivity contribution in [1.82, 2.24) is 4.98 Å². The zero-order valence-corrected chi connectivity index (χ0v) is 12.7. The van der Waals surface area contributed by atoms with Gasteiger partial charge in [0.15, 0.2) is 5.75 Å². The largest absolute Gasteiger partial charge is 0.453 e. The molecule has 0 radical (unpaired) electrons. The second kappa shape index (κ2) is 5.42. The molecule has 2 N–H and O–H groups in total. The standard InChI is InChI=1S/C11H6Br2ClFN2O/c12-5-1-7(14)8(15)2-10(5)18-11-6(13)3-17-4-9(11)16/h1-4H,16H2. The average Bonchev–Trinajstić information content (AvgIpc) is 2.30. The first-order valence-corrected chi connectivity index (χ1v) is 6.67. The molecule has 0 fully saturated rings. The van der Waals surface area contributed by atoms with Crippen LogP contribution in [0.2, 0.25) is 5.02 Å². The number of anilines is 1. The second-order valence-electron chi connectivity index (χ2n) is 3.34. The smallest absolute Gasteiger partial charge is 0.167 e. The summed E-state index contributed by atoms with van der Waals surface area (Å²) in [5, 5.41) is 0.0102. The van der Waals surface area contributed by atoms with Crippen molar-refractivity contribution in [2.45, 2.75) is 0 Å². The van der Waals surface area contributed by atoms with E-state index in [2.05, 4.69) is 36.8 Å². The lowest BCUT2D eigenvalue weighted by atomic mass is 10.3. The number of ether oxygens (including phenoxy) is 1. The topological polar surface area (TPSA) is 48.1 Å². The van der Waals surface area contributed by atoms with E-state index in [4.69, 9.17) is 22.1 Å². The maximum absolute atomic E-state index is 13.4. The Labute approximate surface area is 124 Å². The van der Waals surface area contributed by atoms with Gasteiger partial charge in [0, 0.05) is 12.3 Å². The van der Waals surface area contributed by atoms with E-state index in [9.17, 15) is 4.39 Å². The fourth-order valence-corrected chi connectivity index (χ4v) is 2.39. The molecule has 0 aliphatic heterocycles. The van der Waals surface area contributed by atoms with Crippen LogP contribution in [0, 0.1) is 5.82 Å². The lowest BCUT2D eigenvalue weighted by Crippen LogP contribution is -1.95. The molecular weight excluding hydrogens is 390 g/mol. The van der Waals surface area contributed by atoms with Crippen molar-refractivity contribution in [3.63, 3.8) is 0 Å². The molecule has 7 heteroatoms. The molecule has 3 nitrogen and oxygen atoms in total. The number of halogens is 4. The van der Waals surface area contributed by atoms with Gasteiger partial charge < -0.3 is 10.5 Å². The van der Waals surface area contributed by atoms with Crippen molar-refractivity contribution in [1.29, 1.82) is 0 Å². The Kier molecular flexibility index (Phi) is 4.09. The molecule has 2 aromatic rings. The predicted octanol–water partition coefficient (Wildman–Crippen LogP) is 4.77. The fraction of sp³-hybridized carbons (Fsp3) is 0. The molecule has 0 bridgehead atoms. The fourth-order valence-electron chi connectivity index (χ4n) is 1.24. The Hall–Kier alpha value is -0.850. The quantitative estimate of drug-likeness (QED) is 0.744. The molecule has 0 aliphatic rings. The van der Waals surface area contributed by atoms with Crippen LogP contribution in [0.5, 0.6) is 11.5 Å². The number of hydrogen-bond acceptors (Lipinski definition) is 3. The summed E-state index contributed by atoms with van der Waals surface area (Å²) in [4.78, 5) is 3.88. The molecule has 0 amide bonds. The second-order valence-corrected chi connectivity index (χ2v) is 5.45. The first-order chi connectivity index (χ1) is 8.49. The molecule has 0 saturated carbocycles. The van der Waals surface area contributed by atoms with Crippen LogP contribution in [0.3, 0.4) is 0 Å². The third-order valence-electron chi connectivity index (χ3n) is 2.07. The molecular formula is C11H6Br2ClFN2O. The summed E-state index contributed by atoms with van der Waals surface area (Å²) in [5.74, 6) is 0.0709. The van der Waals surface area contributed by atoms with E-state index in [1.165, 1.54) is 24.5 Å². The highest BCUT2D eigenvalue weighted by molar-refractivity contribution is 9.11. The zero-order valence-electron chi connectivity index (χ0n) is 8.75. The maximum atomic E-state index is 13.4. The van der Waals surface area contributed by atoms with Gasteiger partial charge in [0.2, 0.25) is 0 Å². The van der Waals surface area contributed by atoms with Gasteiger partial charge in [-0.1, -0.05) is 11.6 Å². The van der Waals surface area contributed by atoms with Gasteiger partial charge in [0.05, 0.1) is 25.9 Å². The van der Waals surface area contributed by atoms with E-state index in [1.54, 1.807) is 0 Å². The molecule has 1 aromatic heterocycles. The van der Waals surface area contributed by atoms with Gasteiger partial charge >= 0.3 is 0 Å². The van der Waals surface area contributed by atoms with Crippen LogP contribution in [-0.4, -0.2) is 4.98 Å². The van der Waals surface area contributed by atoms with E-state index in [-0.39, 0.29) is 10.8 Å². The summed E-state index contributed by atoms with van der Waals surface area (Å²) in [6.07, 6.45) is 2.98. The third-order valence-corrected chi connectivity index (χ3v) is 3.54. The van der Waals surface area contributed by atoms with Gasteiger partial charge in [-0.05, 0) is 37.9 Å². The highest BCUT2D eigenvalue weighted by Gasteiger charge is 2.12. The number of hydrogen-bond donors (Lipinski definition) is 1. The molecule has 1 aromatic carbocycles. The van der Waals surface area contributed by atoms with Crippen LogP contribution in [0.25, 0.3) is 0 Å². The van der Waals surface area contributed by atoms with E-state index < -0.39 is 5.82 Å². The van der Waals surface area contributed by atoms with E-state index in [0.717, 1.165) is 0 Å². The minimum absolute atomic E-state index is 0.0102. The summed E-state index contributed by atoms with van der Waals surface area (Å²) >= 11 is 12.1. The number of benzene rings is 1. The van der Waals surface area contributed by atoms with Gasteiger partial charge in [-0.15, -0.1) is 0 Å². The van der Waals surface area contributed by atoms with E-state index >= 15 is 0 Å². The number of aromatic nitrogens is 1. The molecule has 18 heavy (non-hydrogen) atoms. The average molecular weight is 396 g/mol. The van der Waals surface area contributed by atoms with Crippen LogP contribution in [0.4, 0.5) is 10.1 Å². The van der Waals surface area contributed by atoms with Gasteiger partial charge in [0.25, 0.3) is 0 Å². The highest BCUT2D eigenvalue weighted by Crippen LogP contribution is 2.38. The first kappa shape index (κ1) is 13.6. The number of nitrogen functional groups attached to an aromatic ring is 1. The number of nitrogens with zero attached hydrogens (tertiary/aromatic N) is 1. The van der Waals surface area contributed by atoms with Crippen LogP contribution in [0.15, 0.2) is 33.5 Å². The highest BCUT2D eigenvalue weighted by atomic mass is 79.9. The maximum Gasteiger partial charge on any atom is 0.167 e. The van der Waals surface area contributed by atoms with Crippen molar-refractivity contribution in [3.05, 3.63) is 44.3 Å². The predicted molar refractivity (Wildman–Crippen MR) is 75.5 cm³/mol.